The summed E-state index contributed by atoms with van der Waals surface area (Å²) >= 11 is 0. The molecule has 3 amide bonds. The van der Waals surface area contributed by atoms with Gasteiger partial charge in [0.05, 0.1) is 18.4 Å². The third-order valence-electron chi connectivity index (χ3n) is 3.01. The number of likely N-dealkylation sites (N-methyl/N-ethyl adjacent to an activating group) is 1. The van der Waals surface area contributed by atoms with E-state index < -0.39 is 11.9 Å². The zero-order valence-electron chi connectivity index (χ0n) is 8.40. The first-order valence-corrected chi connectivity index (χ1v) is 4.88. The van der Waals surface area contributed by atoms with E-state index in [0.29, 0.717) is 6.42 Å². The van der Waals surface area contributed by atoms with E-state index in [9.17, 15) is 14.4 Å². The van der Waals surface area contributed by atoms with E-state index in [1.54, 1.807) is 7.05 Å². The number of imide groups is 1. The monoisotopic (exact) mass is 211 g/mol. The number of hydrogen-bond acceptors (Lipinski definition) is 4. The van der Waals surface area contributed by atoms with Crippen LogP contribution in [0.5, 0.6) is 0 Å². The predicted octanol–water partition coefficient (Wildman–Crippen LogP) is -1.94. The van der Waals surface area contributed by atoms with Gasteiger partial charge in [-0.25, -0.2) is 0 Å². The Morgan fingerprint density at radius 1 is 1.53 bits per heavy atom. The van der Waals surface area contributed by atoms with Crippen LogP contribution in [-0.2, 0) is 14.4 Å². The van der Waals surface area contributed by atoms with Crippen molar-refractivity contribution in [3.05, 3.63) is 0 Å². The first-order chi connectivity index (χ1) is 7.06. The highest BCUT2D eigenvalue weighted by molar-refractivity contribution is 6.09. The van der Waals surface area contributed by atoms with Crippen LogP contribution in [0.4, 0.5) is 0 Å². The van der Waals surface area contributed by atoms with Crippen LogP contribution in [0.3, 0.4) is 0 Å². The number of carbonyl (C=O) groups is 3. The first-order valence-electron chi connectivity index (χ1n) is 4.88. The maximum absolute atomic E-state index is 11.6. The topological polar surface area (TPSA) is 92.5 Å². The summed E-state index contributed by atoms with van der Waals surface area (Å²) in [5, 5.41) is 2.68. The fourth-order valence-corrected chi connectivity index (χ4v) is 1.94. The number of piperidine rings is 1. The van der Waals surface area contributed by atoms with Gasteiger partial charge in [0, 0.05) is 0 Å². The normalized spacial score (nSPS) is 30.3. The molecule has 1 heterocycles. The van der Waals surface area contributed by atoms with Gasteiger partial charge in [-0.15, -0.1) is 0 Å². The van der Waals surface area contributed by atoms with Gasteiger partial charge in [0.1, 0.15) is 6.04 Å². The summed E-state index contributed by atoms with van der Waals surface area (Å²) in [6.07, 6.45) is 0.676. The highest BCUT2D eigenvalue weighted by atomic mass is 16.2. The van der Waals surface area contributed by atoms with Crippen molar-refractivity contribution in [2.45, 2.75) is 12.5 Å². The third kappa shape index (κ3) is 1.50. The summed E-state index contributed by atoms with van der Waals surface area (Å²) in [7, 11) is 1.57. The van der Waals surface area contributed by atoms with E-state index in [4.69, 9.17) is 5.73 Å². The minimum Gasteiger partial charge on any atom is -0.368 e. The van der Waals surface area contributed by atoms with Crippen LogP contribution in [0, 0.1) is 11.8 Å². The molecule has 2 rings (SSSR count). The molecular weight excluding hydrogens is 198 g/mol. The molecule has 2 fully saturated rings. The van der Waals surface area contributed by atoms with E-state index in [1.807, 2.05) is 0 Å². The highest BCUT2D eigenvalue weighted by Crippen LogP contribution is 2.46. The van der Waals surface area contributed by atoms with Crippen LogP contribution in [0.2, 0.25) is 0 Å². The van der Waals surface area contributed by atoms with E-state index in [-0.39, 0.29) is 30.2 Å². The zero-order valence-corrected chi connectivity index (χ0v) is 8.40. The largest absolute Gasteiger partial charge is 0.368 e. The van der Waals surface area contributed by atoms with Gasteiger partial charge >= 0.3 is 0 Å². The number of fused-ring (bicyclic) bond motifs is 1. The molecule has 3 unspecified atom stereocenters. The lowest BCUT2D eigenvalue weighted by molar-refractivity contribution is -0.142. The fourth-order valence-electron chi connectivity index (χ4n) is 1.94. The van der Waals surface area contributed by atoms with Crippen LogP contribution in [-0.4, -0.2) is 42.3 Å². The maximum atomic E-state index is 11.6. The van der Waals surface area contributed by atoms with Crippen molar-refractivity contribution in [2.75, 3.05) is 13.6 Å². The van der Waals surface area contributed by atoms with E-state index in [0.717, 1.165) is 4.90 Å². The summed E-state index contributed by atoms with van der Waals surface area (Å²) in [6.45, 7) is 0.0521. The Morgan fingerprint density at radius 3 is 2.47 bits per heavy atom. The Labute approximate surface area is 86.8 Å². The zero-order chi connectivity index (χ0) is 11.2. The minimum atomic E-state index is -0.657. The molecule has 1 saturated carbocycles. The number of nitrogens with one attached hydrogen (secondary N) is 1. The molecule has 1 saturated heterocycles. The first kappa shape index (κ1) is 10.1. The lowest BCUT2D eigenvalue weighted by Gasteiger charge is -2.21. The molecule has 15 heavy (non-hydrogen) atoms. The number of hydrogen-bond donors (Lipinski definition) is 2. The Hall–Kier alpha value is -1.43. The van der Waals surface area contributed by atoms with Gasteiger partial charge in [0.25, 0.3) is 0 Å². The molecule has 1 aliphatic carbocycles. The standard InChI is InChI=1S/C9H13N3O3/c1-11-6(7(10)13)3-12-8(14)4-2-5(4)9(12)15/h4-6,11H,2-3H2,1H3,(H2,10,13). The van der Waals surface area contributed by atoms with Crippen LogP contribution in [0.15, 0.2) is 0 Å². The fraction of sp³-hybridized carbons (Fsp3) is 0.667. The SMILES string of the molecule is CNC(CN1C(=O)C2CC2C1=O)C(N)=O. The molecular formula is C9H13N3O3. The Balaban J connectivity index is 2.03. The molecule has 0 aromatic rings. The molecule has 6 heteroatoms. The van der Waals surface area contributed by atoms with Gasteiger partial charge in [-0.05, 0) is 13.5 Å². The Bertz CT molecular complexity index is 321. The van der Waals surface area contributed by atoms with Gasteiger partial charge in [0.2, 0.25) is 17.7 Å². The van der Waals surface area contributed by atoms with Crippen molar-refractivity contribution < 1.29 is 14.4 Å². The predicted molar refractivity (Wildman–Crippen MR) is 50.4 cm³/mol. The lowest BCUT2D eigenvalue weighted by atomic mass is 10.2. The summed E-state index contributed by atoms with van der Waals surface area (Å²) in [5.74, 6) is -1.12. The maximum Gasteiger partial charge on any atom is 0.236 e. The number of rotatable bonds is 4. The number of nitrogens with zero attached hydrogens (tertiary/aromatic N) is 1. The average molecular weight is 211 g/mol. The van der Waals surface area contributed by atoms with Crippen molar-refractivity contribution in [3.63, 3.8) is 0 Å². The molecule has 1 aliphatic heterocycles. The molecule has 3 N–H and O–H groups in total. The van der Waals surface area contributed by atoms with Crippen molar-refractivity contribution in [1.82, 2.24) is 10.2 Å². The third-order valence-corrected chi connectivity index (χ3v) is 3.01. The molecule has 3 atom stereocenters. The molecule has 0 aromatic heterocycles. The summed E-state index contributed by atoms with van der Waals surface area (Å²) in [4.78, 5) is 35.2. The van der Waals surface area contributed by atoms with Crippen molar-refractivity contribution >= 4 is 17.7 Å². The van der Waals surface area contributed by atoms with Gasteiger partial charge in [0.15, 0.2) is 0 Å². The van der Waals surface area contributed by atoms with E-state index in [2.05, 4.69) is 5.32 Å². The van der Waals surface area contributed by atoms with Crippen LogP contribution < -0.4 is 11.1 Å². The van der Waals surface area contributed by atoms with Gasteiger partial charge in [-0.3, -0.25) is 19.3 Å². The van der Waals surface area contributed by atoms with Gasteiger partial charge < -0.3 is 11.1 Å². The number of likely N-dealkylation sites (tertiary alicyclic amines) is 1. The summed E-state index contributed by atoms with van der Waals surface area (Å²) in [5.41, 5.74) is 5.11. The van der Waals surface area contributed by atoms with E-state index in [1.165, 1.54) is 0 Å². The van der Waals surface area contributed by atoms with Gasteiger partial charge in [-0.2, -0.15) is 0 Å². The summed E-state index contributed by atoms with van der Waals surface area (Å²) < 4.78 is 0. The quantitative estimate of drug-likeness (QED) is 0.529. The second-order valence-corrected chi connectivity index (χ2v) is 3.98. The van der Waals surface area contributed by atoms with Gasteiger partial charge in [-0.1, -0.05) is 0 Å². The Kier molecular flexibility index (Phi) is 2.22. The minimum absolute atomic E-state index is 0.0521. The van der Waals surface area contributed by atoms with Crippen LogP contribution >= 0.6 is 0 Å². The van der Waals surface area contributed by atoms with Crippen LogP contribution in [0.1, 0.15) is 6.42 Å². The van der Waals surface area contributed by atoms with Crippen molar-refractivity contribution in [2.24, 2.45) is 17.6 Å². The number of primary amides is 1. The van der Waals surface area contributed by atoms with E-state index >= 15 is 0 Å². The lowest BCUT2D eigenvalue weighted by Crippen LogP contribution is -2.50. The molecule has 0 aromatic carbocycles. The molecule has 82 valence electrons. The van der Waals surface area contributed by atoms with Crippen LogP contribution in [0.25, 0.3) is 0 Å². The Morgan fingerprint density at radius 2 is 2.07 bits per heavy atom. The molecule has 6 nitrogen and oxygen atoms in total. The molecule has 0 spiro atoms. The number of amides is 3. The second kappa shape index (κ2) is 3.30. The molecule has 0 radical (unpaired) electrons. The number of nitrogens with two attached hydrogens (primary N) is 1. The highest BCUT2D eigenvalue weighted by Gasteiger charge is 2.59. The molecule has 2 aliphatic rings. The smallest absolute Gasteiger partial charge is 0.236 e. The van der Waals surface area contributed by atoms with Crippen molar-refractivity contribution in [1.29, 1.82) is 0 Å². The second-order valence-electron chi connectivity index (χ2n) is 3.98. The van der Waals surface area contributed by atoms with Crippen molar-refractivity contribution in [3.8, 4) is 0 Å². The molecule has 0 bridgehead atoms. The number of carbonyl (C=O) groups excluding carboxylic acids is 3. The summed E-state index contributed by atoms with van der Waals surface area (Å²) in [6, 6.07) is -0.657. The average Bonchev–Trinajstić information content (AvgIpc) is 2.92.